The second-order valence-corrected chi connectivity index (χ2v) is 14.0. The third-order valence-electron chi connectivity index (χ3n) is 9.11. The van der Waals surface area contributed by atoms with Gasteiger partial charge in [-0.25, -0.2) is 0 Å². The molecule has 0 bridgehead atoms. The molecule has 8 heteroatoms. The van der Waals surface area contributed by atoms with Crippen molar-refractivity contribution in [3.63, 3.8) is 0 Å². The Hall–Kier alpha value is -1.15. The lowest BCUT2D eigenvalue weighted by Crippen LogP contribution is -2.37. The van der Waals surface area contributed by atoms with Crippen molar-refractivity contribution < 1.29 is 23.7 Å². The average Bonchev–Trinajstić information content (AvgIpc) is 3.06. The molecule has 0 spiro atoms. The number of rotatable bonds is 35. The van der Waals surface area contributed by atoms with Crippen LogP contribution >= 0.6 is 11.9 Å². The smallest absolute Gasteiger partial charge is 0.324 e. The second-order valence-electron chi connectivity index (χ2n) is 13.9. The first-order chi connectivity index (χ1) is 22.9. The van der Waals surface area contributed by atoms with E-state index in [4.69, 9.17) is 16.6 Å². The summed E-state index contributed by atoms with van der Waals surface area (Å²) in [5.74, 6) is 0.104. The molecular formula is C39H75ClN2O5. The molecule has 0 aliphatic heterocycles. The number of hydrogen-bond acceptors (Lipinski definition) is 7. The van der Waals surface area contributed by atoms with Gasteiger partial charge in [0.25, 0.3) is 0 Å². The highest BCUT2D eigenvalue weighted by molar-refractivity contribution is 6.13. The fourth-order valence-electron chi connectivity index (χ4n) is 5.99. The topological polar surface area (TPSA) is 79.3 Å². The van der Waals surface area contributed by atoms with Crippen molar-refractivity contribution in [3.05, 3.63) is 11.6 Å². The van der Waals surface area contributed by atoms with E-state index in [9.17, 15) is 14.7 Å². The van der Waals surface area contributed by atoms with Gasteiger partial charge in [-0.05, 0) is 71.4 Å². The number of aliphatic hydroxyl groups excluding tert-OH is 1. The highest BCUT2D eigenvalue weighted by Gasteiger charge is 2.13. The van der Waals surface area contributed by atoms with Crippen molar-refractivity contribution in [2.24, 2.45) is 5.92 Å². The van der Waals surface area contributed by atoms with E-state index in [1.807, 2.05) is 0 Å². The molecule has 0 saturated heterocycles. The SMILES string of the molecule is CCCCCCCCC(CCCCCCCC)COC(=O)CCCCCN(CCO)CCN(CC=C(C)C)CCCCCC(=O)OCl. The minimum Gasteiger partial charge on any atom is -0.465 e. The third-order valence-corrected chi connectivity index (χ3v) is 9.29. The van der Waals surface area contributed by atoms with Crippen molar-refractivity contribution in [2.45, 2.75) is 169 Å². The largest absolute Gasteiger partial charge is 0.465 e. The average molecular weight is 687 g/mol. The van der Waals surface area contributed by atoms with Crippen LogP contribution in [0, 0.1) is 5.92 Å². The van der Waals surface area contributed by atoms with Crippen molar-refractivity contribution in [1.29, 1.82) is 0 Å². The molecule has 278 valence electrons. The van der Waals surface area contributed by atoms with Crippen molar-refractivity contribution in [1.82, 2.24) is 9.80 Å². The molecule has 0 radical (unpaired) electrons. The van der Waals surface area contributed by atoms with Crippen molar-refractivity contribution in [3.8, 4) is 0 Å². The Kier molecular flexibility index (Phi) is 33.9. The molecule has 0 atom stereocenters. The van der Waals surface area contributed by atoms with Crippen LogP contribution in [0.5, 0.6) is 0 Å². The van der Waals surface area contributed by atoms with E-state index >= 15 is 0 Å². The third kappa shape index (κ3) is 31.8. The molecule has 0 aromatic heterocycles. The molecule has 0 aliphatic carbocycles. The Morgan fingerprint density at radius 1 is 0.638 bits per heavy atom. The summed E-state index contributed by atoms with van der Waals surface area (Å²) in [6, 6.07) is 0. The molecular weight excluding hydrogens is 612 g/mol. The minimum atomic E-state index is -0.365. The Morgan fingerprint density at radius 2 is 1.13 bits per heavy atom. The number of halogens is 1. The van der Waals surface area contributed by atoms with Gasteiger partial charge in [0.1, 0.15) is 11.9 Å². The number of ether oxygens (including phenoxy) is 1. The molecule has 0 amide bonds. The molecule has 0 unspecified atom stereocenters. The fourth-order valence-corrected chi connectivity index (χ4v) is 6.07. The molecule has 0 heterocycles. The molecule has 0 aromatic rings. The van der Waals surface area contributed by atoms with Crippen LogP contribution in [-0.4, -0.2) is 79.3 Å². The van der Waals surface area contributed by atoms with Gasteiger partial charge in [0.05, 0.1) is 13.2 Å². The van der Waals surface area contributed by atoms with E-state index in [0.717, 1.165) is 71.2 Å². The Morgan fingerprint density at radius 3 is 1.66 bits per heavy atom. The molecule has 0 aromatic carbocycles. The van der Waals surface area contributed by atoms with Crippen molar-refractivity contribution in [2.75, 3.05) is 52.5 Å². The highest BCUT2D eigenvalue weighted by Crippen LogP contribution is 2.20. The molecule has 1 N–H and O–H groups in total. The quantitative estimate of drug-likeness (QED) is 0.0404. The maximum Gasteiger partial charge on any atom is 0.324 e. The van der Waals surface area contributed by atoms with E-state index in [-0.39, 0.29) is 18.5 Å². The van der Waals surface area contributed by atoms with Crippen LogP contribution < -0.4 is 0 Å². The first kappa shape index (κ1) is 45.9. The predicted molar refractivity (Wildman–Crippen MR) is 199 cm³/mol. The highest BCUT2D eigenvalue weighted by atomic mass is 35.5. The molecule has 0 fully saturated rings. The van der Waals surface area contributed by atoms with Crippen molar-refractivity contribution >= 4 is 23.8 Å². The summed E-state index contributed by atoms with van der Waals surface area (Å²) >= 11 is 5.12. The van der Waals surface area contributed by atoms with Crippen LogP contribution in [-0.2, 0) is 18.6 Å². The number of carbonyl (C=O) groups is 2. The first-order valence-electron chi connectivity index (χ1n) is 19.5. The summed E-state index contributed by atoms with van der Waals surface area (Å²) in [7, 11) is 0. The molecule has 7 nitrogen and oxygen atoms in total. The number of aliphatic hydroxyl groups is 1. The van der Waals surface area contributed by atoms with Gasteiger partial charge in [0, 0.05) is 39.0 Å². The van der Waals surface area contributed by atoms with Crippen LogP contribution in [0.25, 0.3) is 0 Å². The van der Waals surface area contributed by atoms with Crippen LogP contribution in [0.1, 0.15) is 169 Å². The molecule has 0 saturated carbocycles. The van der Waals surface area contributed by atoms with Crippen LogP contribution in [0.4, 0.5) is 0 Å². The second kappa shape index (κ2) is 34.7. The van der Waals surface area contributed by atoms with Gasteiger partial charge in [-0.15, -0.1) is 0 Å². The van der Waals surface area contributed by atoms with Gasteiger partial charge in [0.2, 0.25) is 0 Å². The zero-order valence-corrected chi connectivity index (χ0v) is 32.0. The Bertz CT molecular complexity index is 731. The summed E-state index contributed by atoms with van der Waals surface area (Å²) in [4.78, 5) is 28.6. The predicted octanol–water partition coefficient (Wildman–Crippen LogP) is 10.0. The van der Waals surface area contributed by atoms with E-state index < -0.39 is 0 Å². The number of esters is 1. The standard InChI is InChI=1S/C39H75ClN2O5/c1-5-7-9-11-13-17-23-37(24-18-14-12-10-8-6-2)35-46-38(44)25-19-15-22-29-42(33-34-43)32-31-41(30-27-36(3)4)28-21-16-20-26-39(45)47-40/h27,37,43H,5-26,28-35H2,1-4H3. The summed E-state index contributed by atoms with van der Waals surface area (Å²) in [6.07, 6.45) is 26.8. The Balaban J connectivity index is 4.46. The summed E-state index contributed by atoms with van der Waals surface area (Å²) < 4.78 is 10.0. The Labute approximate surface area is 295 Å². The van der Waals surface area contributed by atoms with Crippen LogP contribution in [0.3, 0.4) is 0 Å². The van der Waals surface area contributed by atoms with E-state index in [1.54, 1.807) is 0 Å². The van der Waals surface area contributed by atoms with Crippen LogP contribution in [0.2, 0.25) is 0 Å². The summed E-state index contributed by atoms with van der Waals surface area (Å²) in [5, 5.41) is 9.65. The van der Waals surface area contributed by atoms with Gasteiger partial charge in [0.15, 0.2) is 0 Å². The minimum absolute atomic E-state index is 0.0393. The zero-order valence-electron chi connectivity index (χ0n) is 31.2. The lowest BCUT2D eigenvalue weighted by Gasteiger charge is -2.27. The van der Waals surface area contributed by atoms with E-state index in [0.29, 0.717) is 31.9 Å². The normalized spacial score (nSPS) is 11.5. The number of carbonyl (C=O) groups excluding carboxylic acids is 2. The first-order valence-corrected chi connectivity index (χ1v) is 19.8. The number of nitrogens with zero attached hydrogens (tertiary/aromatic N) is 2. The summed E-state index contributed by atoms with van der Waals surface area (Å²) in [6.45, 7) is 14.8. The lowest BCUT2D eigenvalue weighted by atomic mass is 9.94. The zero-order chi connectivity index (χ0) is 34.8. The van der Waals surface area contributed by atoms with Crippen LogP contribution in [0.15, 0.2) is 11.6 Å². The maximum atomic E-state index is 12.6. The number of unbranched alkanes of at least 4 members (excludes halogenated alkanes) is 14. The molecule has 0 rings (SSSR count). The van der Waals surface area contributed by atoms with Gasteiger partial charge in [-0.3, -0.25) is 19.4 Å². The van der Waals surface area contributed by atoms with Gasteiger partial charge in [-0.1, -0.05) is 115 Å². The fraction of sp³-hybridized carbons (Fsp3) is 0.897. The number of hydrogen-bond donors (Lipinski definition) is 1. The maximum absolute atomic E-state index is 12.6. The van der Waals surface area contributed by atoms with Gasteiger partial charge < -0.3 is 14.1 Å². The lowest BCUT2D eigenvalue weighted by molar-refractivity contribution is -0.145. The summed E-state index contributed by atoms with van der Waals surface area (Å²) in [5.41, 5.74) is 1.30. The molecule has 0 aliphatic rings. The molecule has 47 heavy (non-hydrogen) atoms. The van der Waals surface area contributed by atoms with Gasteiger partial charge >= 0.3 is 11.9 Å². The van der Waals surface area contributed by atoms with E-state index in [1.165, 1.54) is 95.5 Å². The van der Waals surface area contributed by atoms with E-state index in [2.05, 4.69) is 47.9 Å². The van der Waals surface area contributed by atoms with Gasteiger partial charge in [-0.2, -0.15) is 0 Å². The number of allylic oxidation sites excluding steroid dienone is 1. The monoisotopic (exact) mass is 687 g/mol.